The lowest BCUT2D eigenvalue weighted by atomic mass is 10.1. The van der Waals surface area contributed by atoms with E-state index in [1.54, 1.807) is 32.4 Å². The summed E-state index contributed by atoms with van der Waals surface area (Å²) in [6.45, 7) is 1.89. The molecule has 0 radical (unpaired) electrons. The normalized spacial score (nSPS) is 11.7. The van der Waals surface area contributed by atoms with E-state index in [0.29, 0.717) is 21.5 Å². The molecule has 0 aliphatic rings. The van der Waals surface area contributed by atoms with Gasteiger partial charge in [0.25, 0.3) is 0 Å². The lowest BCUT2D eigenvalue weighted by Crippen LogP contribution is -2.28. The quantitative estimate of drug-likeness (QED) is 0.821. The Balaban J connectivity index is 2.09. The lowest BCUT2D eigenvalue weighted by molar-refractivity contribution is -0.121. The van der Waals surface area contributed by atoms with Gasteiger partial charge in [-0.2, -0.15) is 0 Å². The van der Waals surface area contributed by atoms with Crippen LogP contribution >= 0.6 is 23.2 Å². The summed E-state index contributed by atoms with van der Waals surface area (Å²) in [5, 5.41) is 3.86. The first-order valence-electron chi connectivity index (χ1n) is 7.39. The number of hydrogen-bond donors (Lipinski definition) is 1. The van der Waals surface area contributed by atoms with Crippen molar-refractivity contribution in [3.8, 4) is 11.5 Å². The fraction of sp³-hybridized carbons (Fsp3) is 0.278. The summed E-state index contributed by atoms with van der Waals surface area (Å²) >= 11 is 11.9. The maximum Gasteiger partial charge on any atom is 0.224 e. The van der Waals surface area contributed by atoms with Gasteiger partial charge in [0, 0.05) is 5.56 Å². The third-order valence-electron chi connectivity index (χ3n) is 3.63. The van der Waals surface area contributed by atoms with Gasteiger partial charge in [0.1, 0.15) is 11.5 Å². The molecule has 0 aliphatic carbocycles. The van der Waals surface area contributed by atoms with Crippen LogP contribution in [0.4, 0.5) is 0 Å². The van der Waals surface area contributed by atoms with Gasteiger partial charge in [-0.1, -0.05) is 29.3 Å². The van der Waals surface area contributed by atoms with Crippen molar-refractivity contribution in [1.29, 1.82) is 0 Å². The number of carbonyl (C=O) groups is 1. The molecular formula is C18H19Cl2NO3. The van der Waals surface area contributed by atoms with Crippen molar-refractivity contribution in [2.75, 3.05) is 14.2 Å². The molecule has 0 saturated carbocycles. The van der Waals surface area contributed by atoms with E-state index in [0.717, 1.165) is 11.1 Å². The number of nitrogens with one attached hydrogen (secondary N) is 1. The molecule has 128 valence electrons. The molecule has 0 spiro atoms. The molecule has 0 bridgehead atoms. The van der Waals surface area contributed by atoms with Crippen LogP contribution < -0.4 is 14.8 Å². The Labute approximate surface area is 151 Å². The highest BCUT2D eigenvalue weighted by atomic mass is 35.5. The molecule has 0 aliphatic heterocycles. The molecular weight excluding hydrogens is 349 g/mol. The second-order valence-electron chi connectivity index (χ2n) is 5.32. The van der Waals surface area contributed by atoms with Gasteiger partial charge < -0.3 is 14.8 Å². The van der Waals surface area contributed by atoms with Crippen LogP contribution in [-0.4, -0.2) is 20.1 Å². The summed E-state index contributed by atoms with van der Waals surface area (Å²) in [4.78, 5) is 12.3. The number of methoxy groups -OCH3 is 2. The average Bonchev–Trinajstić information content (AvgIpc) is 2.57. The Morgan fingerprint density at radius 2 is 1.83 bits per heavy atom. The van der Waals surface area contributed by atoms with Crippen LogP contribution in [0, 0.1) is 0 Å². The summed E-state index contributed by atoms with van der Waals surface area (Å²) in [6, 6.07) is 10.4. The van der Waals surface area contributed by atoms with Gasteiger partial charge in [-0.3, -0.25) is 4.79 Å². The van der Waals surface area contributed by atoms with E-state index >= 15 is 0 Å². The standard InChI is InChI=1S/C18H19Cl2NO3/c1-11(14-10-13(23-2)5-7-17(14)24-3)21-18(22)9-12-4-6-15(19)16(20)8-12/h4-8,10-11H,9H2,1-3H3,(H,21,22)/t11-/m0/s1. The number of rotatable bonds is 6. The van der Waals surface area contributed by atoms with Crippen LogP contribution in [0.2, 0.25) is 10.0 Å². The van der Waals surface area contributed by atoms with Crippen molar-refractivity contribution in [1.82, 2.24) is 5.32 Å². The molecule has 1 amide bonds. The first-order chi connectivity index (χ1) is 11.4. The van der Waals surface area contributed by atoms with E-state index < -0.39 is 0 Å². The van der Waals surface area contributed by atoms with Gasteiger partial charge in [-0.25, -0.2) is 0 Å². The van der Waals surface area contributed by atoms with Crippen molar-refractivity contribution in [2.24, 2.45) is 0 Å². The first-order valence-corrected chi connectivity index (χ1v) is 8.15. The van der Waals surface area contributed by atoms with Crippen molar-refractivity contribution in [3.05, 3.63) is 57.6 Å². The van der Waals surface area contributed by atoms with Crippen molar-refractivity contribution in [2.45, 2.75) is 19.4 Å². The van der Waals surface area contributed by atoms with Crippen molar-refractivity contribution < 1.29 is 14.3 Å². The number of carbonyl (C=O) groups excluding carboxylic acids is 1. The van der Waals surface area contributed by atoms with Gasteiger partial charge in [-0.15, -0.1) is 0 Å². The van der Waals surface area contributed by atoms with Gasteiger partial charge in [0.15, 0.2) is 0 Å². The van der Waals surface area contributed by atoms with Crippen LogP contribution in [0.25, 0.3) is 0 Å². The predicted molar refractivity (Wildman–Crippen MR) is 96.3 cm³/mol. The molecule has 2 rings (SSSR count). The molecule has 6 heteroatoms. The molecule has 0 saturated heterocycles. The summed E-state index contributed by atoms with van der Waals surface area (Å²) < 4.78 is 10.6. The summed E-state index contributed by atoms with van der Waals surface area (Å²) in [6.07, 6.45) is 0.216. The minimum atomic E-state index is -0.231. The topological polar surface area (TPSA) is 47.6 Å². The minimum absolute atomic E-state index is 0.120. The van der Waals surface area contributed by atoms with Crippen LogP contribution in [0.15, 0.2) is 36.4 Å². The van der Waals surface area contributed by atoms with Gasteiger partial charge in [0.05, 0.1) is 36.7 Å². The van der Waals surface area contributed by atoms with Crippen LogP contribution in [0.3, 0.4) is 0 Å². The van der Waals surface area contributed by atoms with Crippen LogP contribution in [-0.2, 0) is 11.2 Å². The van der Waals surface area contributed by atoms with Crippen LogP contribution in [0.1, 0.15) is 24.1 Å². The largest absolute Gasteiger partial charge is 0.497 e. The van der Waals surface area contributed by atoms with Gasteiger partial charge in [-0.05, 0) is 42.8 Å². The molecule has 2 aromatic rings. The number of halogens is 2. The number of hydrogen-bond acceptors (Lipinski definition) is 3. The fourth-order valence-electron chi connectivity index (χ4n) is 2.38. The monoisotopic (exact) mass is 367 g/mol. The molecule has 0 unspecified atom stereocenters. The van der Waals surface area contributed by atoms with E-state index in [2.05, 4.69) is 5.32 Å². The Morgan fingerprint density at radius 3 is 2.46 bits per heavy atom. The molecule has 0 heterocycles. The van der Waals surface area contributed by atoms with E-state index in [4.69, 9.17) is 32.7 Å². The number of ether oxygens (including phenoxy) is 2. The maximum atomic E-state index is 12.3. The average molecular weight is 368 g/mol. The van der Waals surface area contributed by atoms with E-state index in [1.807, 2.05) is 25.1 Å². The molecule has 24 heavy (non-hydrogen) atoms. The summed E-state index contributed by atoms with van der Waals surface area (Å²) in [5.41, 5.74) is 1.64. The SMILES string of the molecule is COc1ccc(OC)c([C@H](C)NC(=O)Cc2ccc(Cl)c(Cl)c2)c1. The maximum absolute atomic E-state index is 12.3. The Bertz CT molecular complexity index is 734. The Hall–Kier alpha value is -1.91. The summed E-state index contributed by atoms with van der Waals surface area (Å²) in [5.74, 6) is 1.28. The highest BCUT2D eigenvalue weighted by Gasteiger charge is 2.15. The van der Waals surface area contributed by atoms with Crippen LogP contribution in [0.5, 0.6) is 11.5 Å². The molecule has 1 atom stereocenters. The highest BCUT2D eigenvalue weighted by Crippen LogP contribution is 2.29. The number of amides is 1. The van der Waals surface area contributed by atoms with E-state index in [-0.39, 0.29) is 18.4 Å². The van der Waals surface area contributed by atoms with Crippen molar-refractivity contribution >= 4 is 29.1 Å². The first kappa shape index (κ1) is 18.4. The molecule has 1 N–H and O–H groups in total. The van der Waals surface area contributed by atoms with E-state index in [1.165, 1.54) is 0 Å². The third kappa shape index (κ3) is 4.56. The Kier molecular flexibility index (Phi) is 6.35. The molecule has 0 aromatic heterocycles. The fourth-order valence-corrected chi connectivity index (χ4v) is 2.70. The molecule has 4 nitrogen and oxygen atoms in total. The smallest absolute Gasteiger partial charge is 0.224 e. The van der Waals surface area contributed by atoms with E-state index in [9.17, 15) is 4.79 Å². The zero-order valence-electron chi connectivity index (χ0n) is 13.7. The zero-order chi connectivity index (χ0) is 17.7. The predicted octanol–water partition coefficient (Wildman–Crippen LogP) is 4.43. The van der Waals surface area contributed by atoms with Gasteiger partial charge in [0.2, 0.25) is 5.91 Å². The molecule has 2 aromatic carbocycles. The second-order valence-corrected chi connectivity index (χ2v) is 6.14. The summed E-state index contributed by atoms with van der Waals surface area (Å²) in [7, 11) is 3.19. The second kappa shape index (κ2) is 8.27. The lowest BCUT2D eigenvalue weighted by Gasteiger charge is -2.18. The Morgan fingerprint density at radius 1 is 1.08 bits per heavy atom. The third-order valence-corrected chi connectivity index (χ3v) is 4.37. The highest BCUT2D eigenvalue weighted by molar-refractivity contribution is 6.42. The van der Waals surface area contributed by atoms with Gasteiger partial charge >= 0.3 is 0 Å². The minimum Gasteiger partial charge on any atom is -0.497 e. The molecule has 0 fully saturated rings. The zero-order valence-corrected chi connectivity index (χ0v) is 15.2. The number of benzene rings is 2. The van der Waals surface area contributed by atoms with Crippen molar-refractivity contribution in [3.63, 3.8) is 0 Å².